The Morgan fingerprint density at radius 1 is 1.20 bits per heavy atom. The Morgan fingerprint density at radius 3 is 2.64 bits per heavy atom. The molecule has 7 heteroatoms. The zero-order valence-corrected chi connectivity index (χ0v) is 14.6. The molecule has 0 fully saturated rings. The Morgan fingerprint density at radius 2 is 1.96 bits per heavy atom. The topological polar surface area (TPSA) is 57.0 Å². The van der Waals surface area contributed by atoms with Crippen LogP contribution in [0.15, 0.2) is 53.7 Å². The molecule has 5 nitrogen and oxygen atoms in total. The molecule has 1 heterocycles. The standard InChI is InChI=1S/C18H16FN3O2S/c1-12-4-3-5-15(10-12)22-17(13-6-8-14(19)9-7-13)20-21-18(22)25-11-16(23)24-2/h3-10H,11H2,1-2H3. The predicted octanol–water partition coefficient (Wildman–Crippen LogP) is 3.65. The van der Waals surface area contributed by atoms with Gasteiger partial charge in [0.1, 0.15) is 5.82 Å². The molecule has 0 amide bonds. The number of nitrogens with zero attached hydrogens (tertiary/aromatic N) is 3. The van der Waals surface area contributed by atoms with E-state index in [4.69, 9.17) is 0 Å². The summed E-state index contributed by atoms with van der Waals surface area (Å²) in [6.45, 7) is 1.99. The van der Waals surface area contributed by atoms with Crippen molar-refractivity contribution in [3.63, 3.8) is 0 Å². The minimum absolute atomic E-state index is 0.129. The molecule has 1 aromatic heterocycles. The third-order valence-electron chi connectivity index (χ3n) is 3.54. The van der Waals surface area contributed by atoms with Gasteiger partial charge in [-0.2, -0.15) is 0 Å². The second kappa shape index (κ2) is 7.48. The van der Waals surface area contributed by atoms with Gasteiger partial charge in [-0.15, -0.1) is 10.2 Å². The van der Waals surface area contributed by atoms with Crippen molar-refractivity contribution in [2.45, 2.75) is 12.1 Å². The summed E-state index contributed by atoms with van der Waals surface area (Å²) < 4.78 is 19.8. The minimum Gasteiger partial charge on any atom is -0.468 e. The van der Waals surface area contributed by atoms with Crippen LogP contribution in [0.1, 0.15) is 5.56 Å². The number of rotatable bonds is 5. The molecule has 0 aliphatic rings. The molecule has 0 bridgehead atoms. The third kappa shape index (κ3) is 3.88. The van der Waals surface area contributed by atoms with Crippen molar-refractivity contribution < 1.29 is 13.9 Å². The molecule has 2 aromatic carbocycles. The lowest BCUT2D eigenvalue weighted by Gasteiger charge is -2.11. The molecular weight excluding hydrogens is 341 g/mol. The van der Waals surface area contributed by atoms with E-state index < -0.39 is 0 Å². The number of methoxy groups -OCH3 is 1. The van der Waals surface area contributed by atoms with E-state index in [2.05, 4.69) is 14.9 Å². The SMILES string of the molecule is COC(=O)CSc1nnc(-c2ccc(F)cc2)n1-c1cccc(C)c1. The Kier molecular flexibility index (Phi) is 5.14. The first kappa shape index (κ1) is 17.2. The minimum atomic E-state index is -0.341. The lowest BCUT2D eigenvalue weighted by Crippen LogP contribution is -2.05. The van der Waals surface area contributed by atoms with Gasteiger partial charge in [0.2, 0.25) is 0 Å². The van der Waals surface area contributed by atoms with Crippen molar-refractivity contribution in [1.29, 1.82) is 0 Å². The molecule has 25 heavy (non-hydrogen) atoms. The summed E-state index contributed by atoms with van der Waals surface area (Å²) in [6, 6.07) is 13.9. The van der Waals surface area contributed by atoms with E-state index >= 15 is 0 Å². The number of ether oxygens (including phenoxy) is 1. The smallest absolute Gasteiger partial charge is 0.316 e. The zero-order chi connectivity index (χ0) is 17.8. The lowest BCUT2D eigenvalue weighted by atomic mass is 10.2. The maximum atomic E-state index is 13.2. The maximum absolute atomic E-state index is 13.2. The fraction of sp³-hybridized carbons (Fsp3) is 0.167. The Balaban J connectivity index is 2.07. The van der Waals surface area contributed by atoms with E-state index in [9.17, 15) is 9.18 Å². The van der Waals surface area contributed by atoms with Crippen molar-refractivity contribution >= 4 is 17.7 Å². The number of thioether (sulfide) groups is 1. The normalized spacial score (nSPS) is 10.7. The largest absolute Gasteiger partial charge is 0.468 e. The molecule has 0 N–H and O–H groups in total. The van der Waals surface area contributed by atoms with Crippen LogP contribution in [-0.4, -0.2) is 33.6 Å². The van der Waals surface area contributed by atoms with Gasteiger partial charge >= 0.3 is 5.97 Å². The molecule has 0 radical (unpaired) electrons. The second-order valence-electron chi connectivity index (χ2n) is 5.35. The van der Waals surface area contributed by atoms with Crippen LogP contribution in [0.4, 0.5) is 4.39 Å². The molecule has 0 spiro atoms. The molecule has 0 aliphatic heterocycles. The summed E-state index contributed by atoms with van der Waals surface area (Å²) in [5, 5.41) is 9.01. The molecule has 0 saturated heterocycles. The number of carbonyl (C=O) groups is 1. The number of aryl methyl sites for hydroxylation is 1. The zero-order valence-electron chi connectivity index (χ0n) is 13.8. The van der Waals surface area contributed by atoms with Crippen molar-refractivity contribution in [3.05, 3.63) is 59.9 Å². The van der Waals surface area contributed by atoms with Gasteiger partial charge in [0, 0.05) is 11.3 Å². The molecule has 3 rings (SSSR count). The van der Waals surface area contributed by atoms with Crippen LogP contribution in [0.5, 0.6) is 0 Å². The molecule has 0 saturated carbocycles. The maximum Gasteiger partial charge on any atom is 0.316 e. The van der Waals surface area contributed by atoms with Crippen LogP contribution in [0.25, 0.3) is 17.1 Å². The Hall–Kier alpha value is -2.67. The van der Waals surface area contributed by atoms with E-state index in [-0.39, 0.29) is 17.5 Å². The second-order valence-corrected chi connectivity index (χ2v) is 6.29. The van der Waals surface area contributed by atoms with Crippen LogP contribution in [-0.2, 0) is 9.53 Å². The quantitative estimate of drug-likeness (QED) is 0.515. The molecular formula is C18H16FN3O2S. The fourth-order valence-corrected chi connectivity index (χ4v) is 3.12. The Bertz CT molecular complexity index is 894. The average molecular weight is 357 g/mol. The van der Waals surface area contributed by atoms with Crippen LogP contribution >= 0.6 is 11.8 Å². The van der Waals surface area contributed by atoms with Gasteiger partial charge in [0.05, 0.1) is 12.9 Å². The van der Waals surface area contributed by atoms with Gasteiger partial charge in [0.15, 0.2) is 11.0 Å². The van der Waals surface area contributed by atoms with E-state index in [1.807, 2.05) is 35.8 Å². The van der Waals surface area contributed by atoms with Gasteiger partial charge in [-0.05, 0) is 48.9 Å². The molecule has 0 atom stereocenters. The van der Waals surface area contributed by atoms with E-state index in [0.29, 0.717) is 11.0 Å². The van der Waals surface area contributed by atoms with Crippen LogP contribution < -0.4 is 0 Å². The van der Waals surface area contributed by atoms with Gasteiger partial charge in [-0.3, -0.25) is 9.36 Å². The van der Waals surface area contributed by atoms with Crippen LogP contribution in [0, 0.1) is 12.7 Å². The first-order valence-electron chi connectivity index (χ1n) is 7.56. The summed E-state index contributed by atoms with van der Waals surface area (Å²) in [4.78, 5) is 11.5. The highest BCUT2D eigenvalue weighted by molar-refractivity contribution is 7.99. The van der Waals surface area contributed by atoms with Gasteiger partial charge in [-0.1, -0.05) is 23.9 Å². The van der Waals surface area contributed by atoms with Crippen LogP contribution in [0.2, 0.25) is 0 Å². The number of carbonyl (C=O) groups excluding carboxylic acids is 1. The summed E-state index contributed by atoms with van der Waals surface area (Å²) >= 11 is 1.24. The predicted molar refractivity (Wildman–Crippen MR) is 94.2 cm³/mol. The monoisotopic (exact) mass is 357 g/mol. The fourth-order valence-electron chi connectivity index (χ4n) is 2.33. The van der Waals surface area contributed by atoms with Crippen molar-refractivity contribution in [2.75, 3.05) is 12.9 Å². The number of hydrogen-bond acceptors (Lipinski definition) is 5. The van der Waals surface area contributed by atoms with Crippen molar-refractivity contribution in [1.82, 2.24) is 14.8 Å². The highest BCUT2D eigenvalue weighted by Gasteiger charge is 2.17. The van der Waals surface area contributed by atoms with E-state index in [0.717, 1.165) is 16.8 Å². The highest BCUT2D eigenvalue weighted by Crippen LogP contribution is 2.28. The van der Waals surface area contributed by atoms with Gasteiger partial charge < -0.3 is 4.74 Å². The molecule has 0 unspecified atom stereocenters. The van der Waals surface area contributed by atoms with Crippen molar-refractivity contribution in [2.24, 2.45) is 0 Å². The average Bonchev–Trinajstić information content (AvgIpc) is 3.04. The molecule has 0 aliphatic carbocycles. The van der Waals surface area contributed by atoms with E-state index in [1.54, 1.807) is 12.1 Å². The summed E-state index contributed by atoms with van der Waals surface area (Å²) in [6.07, 6.45) is 0. The number of hydrogen-bond donors (Lipinski definition) is 0. The molecule has 3 aromatic rings. The summed E-state index contributed by atoms with van der Waals surface area (Å²) in [5.74, 6) is 0.0555. The number of aromatic nitrogens is 3. The number of benzene rings is 2. The summed E-state index contributed by atoms with van der Waals surface area (Å²) in [5.41, 5.74) is 2.69. The van der Waals surface area contributed by atoms with Crippen molar-refractivity contribution in [3.8, 4) is 17.1 Å². The molecule has 128 valence electrons. The third-order valence-corrected chi connectivity index (χ3v) is 4.44. The first-order valence-corrected chi connectivity index (χ1v) is 8.55. The number of halogens is 1. The summed E-state index contributed by atoms with van der Waals surface area (Å²) in [7, 11) is 1.35. The lowest BCUT2D eigenvalue weighted by molar-refractivity contribution is -0.137. The number of esters is 1. The van der Waals surface area contributed by atoms with Gasteiger partial charge in [-0.25, -0.2) is 4.39 Å². The highest BCUT2D eigenvalue weighted by atomic mass is 32.2. The van der Waals surface area contributed by atoms with E-state index in [1.165, 1.54) is 31.0 Å². The van der Waals surface area contributed by atoms with Gasteiger partial charge in [0.25, 0.3) is 0 Å². The van der Waals surface area contributed by atoms with Crippen LogP contribution in [0.3, 0.4) is 0 Å². The first-order chi connectivity index (χ1) is 12.1. The Labute approximate surface area is 148 Å².